The SMILES string of the molecule is [c]1cncc2nccn12. The van der Waals surface area contributed by atoms with Crippen LogP contribution < -0.4 is 0 Å². The summed E-state index contributed by atoms with van der Waals surface area (Å²) in [7, 11) is 0. The second-order valence-electron chi connectivity index (χ2n) is 1.69. The quantitative estimate of drug-likeness (QED) is 0.505. The van der Waals surface area contributed by atoms with Crippen molar-refractivity contribution >= 4 is 5.65 Å². The van der Waals surface area contributed by atoms with Gasteiger partial charge in [-0.15, -0.1) is 0 Å². The van der Waals surface area contributed by atoms with Crippen LogP contribution in [-0.2, 0) is 0 Å². The van der Waals surface area contributed by atoms with Crippen molar-refractivity contribution in [1.82, 2.24) is 14.4 Å². The monoisotopic (exact) mass is 118 g/mol. The summed E-state index contributed by atoms with van der Waals surface area (Å²) in [5.74, 6) is 0. The molecule has 2 heterocycles. The first kappa shape index (κ1) is 4.49. The maximum absolute atomic E-state index is 3.99. The maximum Gasteiger partial charge on any atom is 0.155 e. The highest BCUT2D eigenvalue weighted by atomic mass is 15.0. The summed E-state index contributed by atoms with van der Waals surface area (Å²) in [5, 5.41) is 0. The molecule has 3 nitrogen and oxygen atoms in total. The Bertz CT molecular complexity index is 282. The molecule has 0 N–H and O–H groups in total. The number of hydrogen-bond acceptors (Lipinski definition) is 2. The van der Waals surface area contributed by atoms with Gasteiger partial charge >= 0.3 is 0 Å². The van der Waals surface area contributed by atoms with Crippen molar-refractivity contribution in [2.75, 3.05) is 0 Å². The number of fused-ring (bicyclic) bond motifs is 1. The van der Waals surface area contributed by atoms with Crippen LogP contribution in [0.5, 0.6) is 0 Å². The molecule has 9 heavy (non-hydrogen) atoms. The van der Waals surface area contributed by atoms with Gasteiger partial charge in [0, 0.05) is 12.4 Å². The molecule has 0 amide bonds. The van der Waals surface area contributed by atoms with E-state index >= 15 is 0 Å². The minimum Gasteiger partial charge on any atom is -0.295 e. The molecule has 0 saturated heterocycles. The van der Waals surface area contributed by atoms with Crippen LogP contribution in [0.3, 0.4) is 0 Å². The predicted molar refractivity (Wildman–Crippen MR) is 31.8 cm³/mol. The zero-order valence-electron chi connectivity index (χ0n) is 4.65. The summed E-state index contributed by atoms with van der Waals surface area (Å²) in [4.78, 5) is 7.83. The molecule has 1 radical (unpaired) electrons. The van der Waals surface area contributed by atoms with Gasteiger partial charge in [0.05, 0.1) is 18.6 Å². The van der Waals surface area contributed by atoms with Crippen LogP contribution >= 0.6 is 0 Å². The summed E-state index contributed by atoms with van der Waals surface area (Å²) in [6.07, 6.45) is 9.72. The highest BCUT2D eigenvalue weighted by molar-refractivity contribution is 5.32. The second-order valence-corrected chi connectivity index (χ2v) is 1.69. The van der Waals surface area contributed by atoms with Crippen molar-refractivity contribution in [3.8, 4) is 0 Å². The van der Waals surface area contributed by atoms with Crippen LogP contribution in [0.2, 0.25) is 0 Å². The van der Waals surface area contributed by atoms with Gasteiger partial charge in [0.2, 0.25) is 0 Å². The van der Waals surface area contributed by atoms with Crippen LogP contribution in [0.15, 0.2) is 24.8 Å². The molecule has 2 aromatic rings. The fourth-order valence-electron chi connectivity index (χ4n) is 0.719. The molecule has 0 aliphatic heterocycles. The van der Waals surface area contributed by atoms with E-state index in [2.05, 4.69) is 16.2 Å². The Kier molecular flexibility index (Phi) is 0.773. The normalized spacial score (nSPS) is 10.2. The Labute approximate surface area is 52.0 Å². The molecule has 0 fully saturated rings. The van der Waals surface area contributed by atoms with E-state index in [-0.39, 0.29) is 0 Å². The van der Waals surface area contributed by atoms with Crippen molar-refractivity contribution in [2.24, 2.45) is 0 Å². The van der Waals surface area contributed by atoms with Crippen molar-refractivity contribution in [3.05, 3.63) is 31.0 Å². The Balaban J connectivity index is 2.95. The topological polar surface area (TPSA) is 30.2 Å². The minimum atomic E-state index is 0.831. The lowest BCUT2D eigenvalue weighted by atomic mass is 10.7. The molecule has 0 spiro atoms. The van der Waals surface area contributed by atoms with Gasteiger partial charge in [-0.05, 0) is 0 Å². The fourth-order valence-corrected chi connectivity index (χ4v) is 0.719. The molecule has 0 saturated carbocycles. The van der Waals surface area contributed by atoms with Crippen molar-refractivity contribution in [2.45, 2.75) is 0 Å². The molecular weight excluding hydrogens is 114 g/mol. The van der Waals surface area contributed by atoms with E-state index in [0.717, 1.165) is 5.65 Å². The van der Waals surface area contributed by atoms with E-state index in [1.54, 1.807) is 23.0 Å². The van der Waals surface area contributed by atoms with E-state index in [9.17, 15) is 0 Å². The Morgan fingerprint density at radius 1 is 1.56 bits per heavy atom. The molecule has 0 aliphatic rings. The number of nitrogens with zero attached hydrogens (tertiary/aromatic N) is 3. The van der Waals surface area contributed by atoms with E-state index in [1.807, 2.05) is 6.20 Å². The van der Waals surface area contributed by atoms with Crippen LogP contribution in [0, 0.1) is 6.20 Å². The smallest absolute Gasteiger partial charge is 0.155 e. The van der Waals surface area contributed by atoms with Gasteiger partial charge in [-0.25, -0.2) is 4.98 Å². The van der Waals surface area contributed by atoms with Crippen LogP contribution in [0.1, 0.15) is 0 Å². The lowest BCUT2D eigenvalue weighted by Crippen LogP contribution is -1.81. The first-order chi connectivity index (χ1) is 4.47. The van der Waals surface area contributed by atoms with E-state index in [0.29, 0.717) is 0 Å². The Morgan fingerprint density at radius 3 is 3.44 bits per heavy atom. The van der Waals surface area contributed by atoms with Crippen LogP contribution in [0.4, 0.5) is 0 Å². The van der Waals surface area contributed by atoms with Gasteiger partial charge in [-0.1, -0.05) is 0 Å². The molecule has 2 rings (SSSR count). The largest absolute Gasteiger partial charge is 0.295 e. The first-order valence-electron chi connectivity index (χ1n) is 2.61. The van der Waals surface area contributed by atoms with Gasteiger partial charge in [0.15, 0.2) is 5.65 Å². The van der Waals surface area contributed by atoms with E-state index in [1.165, 1.54) is 0 Å². The molecule has 0 atom stereocenters. The Morgan fingerprint density at radius 2 is 2.56 bits per heavy atom. The average Bonchev–Trinajstić information content (AvgIpc) is 2.33. The van der Waals surface area contributed by atoms with Gasteiger partial charge < -0.3 is 0 Å². The molecule has 0 aliphatic carbocycles. The van der Waals surface area contributed by atoms with Crippen LogP contribution in [-0.4, -0.2) is 14.4 Å². The van der Waals surface area contributed by atoms with Gasteiger partial charge in [0.1, 0.15) is 0 Å². The predicted octanol–water partition coefficient (Wildman–Crippen LogP) is 0.529. The molecular formula is C6H4N3. The summed E-state index contributed by atoms with van der Waals surface area (Å²) in [6, 6.07) is 0. The van der Waals surface area contributed by atoms with Crippen molar-refractivity contribution < 1.29 is 0 Å². The third kappa shape index (κ3) is 0.579. The highest BCUT2D eigenvalue weighted by Crippen LogP contribution is 1.93. The van der Waals surface area contributed by atoms with Crippen molar-refractivity contribution in [1.29, 1.82) is 0 Å². The molecule has 3 heteroatoms. The summed E-state index contributed by atoms with van der Waals surface area (Å²) in [5.41, 5.74) is 0.831. The van der Waals surface area contributed by atoms with E-state index < -0.39 is 0 Å². The van der Waals surface area contributed by atoms with Crippen LogP contribution in [0.25, 0.3) is 5.65 Å². The molecule has 2 aromatic heterocycles. The highest BCUT2D eigenvalue weighted by Gasteiger charge is 1.87. The lowest BCUT2D eigenvalue weighted by molar-refractivity contribution is 1.11. The fraction of sp³-hybridized carbons (Fsp3) is 0. The van der Waals surface area contributed by atoms with Gasteiger partial charge in [-0.2, -0.15) is 0 Å². The number of imidazole rings is 1. The number of aromatic nitrogens is 3. The summed E-state index contributed by atoms with van der Waals surface area (Å²) in [6.45, 7) is 0. The summed E-state index contributed by atoms with van der Waals surface area (Å²) >= 11 is 0. The molecule has 0 bridgehead atoms. The number of hydrogen-bond donors (Lipinski definition) is 0. The molecule has 43 valence electrons. The maximum atomic E-state index is 3.99. The van der Waals surface area contributed by atoms with Gasteiger partial charge in [0.25, 0.3) is 0 Å². The Hall–Kier alpha value is -1.38. The molecule has 0 unspecified atom stereocenters. The van der Waals surface area contributed by atoms with E-state index in [4.69, 9.17) is 0 Å². The van der Waals surface area contributed by atoms with Crippen molar-refractivity contribution in [3.63, 3.8) is 0 Å². The average molecular weight is 118 g/mol. The first-order valence-corrected chi connectivity index (χ1v) is 2.61. The second kappa shape index (κ2) is 1.55. The van der Waals surface area contributed by atoms with Gasteiger partial charge in [-0.3, -0.25) is 9.38 Å². The lowest BCUT2D eigenvalue weighted by Gasteiger charge is -1.84. The third-order valence-corrected chi connectivity index (χ3v) is 1.13. The summed E-state index contributed by atoms with van der Waals surface area (Å²) < 4.78 is 1.78. The minimum absolute atomic E-state index is 0.831. The number of rotatable bonds is 0. The third-order valence-electron chi connectivity index (χ3n) is 1.13. The zero-order chi connectivity index (χ0) is 6.10. The molecule has 0 aromatic carbocycles. The zero-order valence-corrected chi connectivity index (χ0v) is 4.65. The standard InChI is InChI=1S/C6H4N3/c1-3-9-4-2-8-6(9)5-7-1/h1-2,4-5H.